The van der Waals surface area contributed by atoms with Gasteiger partial charge in [-0.05, 0) is 144 Å². The lowest BCUT2D eigenvalue weighted by Gasteiger charge is -2.45. The van der Waals surface area contributed by atoms with E-state index in [4.69, 9.17) is 0 Å². The van der Waals surface area contributed by atoms with Gasteiger partial charge in [-0.1, -0.05) is 263 Å². The molecule has 0 bridgehead atoms. The summed E-state index contributed by atoms with van der Waals surface area (Å²) in [4.78, 5) is 47.3. The van der Waals surface area contributed by atoms with Crippen LogP contribution in [-0.2, 0) is 52.5 Å². The highest BCUT2D eigenvalue weighted by molar-refractivity contribution is 7.73. The van der Waals surface area contributed by atoms with Gasteiger partial charge in [0.25, 0.3) is 0 Å². The molecule has 8 heteroatoms. The van der Waals surface area contributed by atoms with Crippen molar-refractivity contribution in [2.75, 3.05) is 0 Å². The molecule has 1 atom stereocenters. The van der Waals surface area contributed by atoms with E-state index in [0.717, 1.165) is 55.6 Å². The highest BCUT2D eigenvalue weighted by atomic mass is 31.2. The summed E-state index contributed by atoms with van der Waals surface area (Å²) < 4.78 is 31.2. The number of benzene rings is 4. The highest BCUT2D eigenvalue weighted by Crippen LogP contribution is 2.78. The zero-order valence-corrected chi connectivity index (χ0v) is 52.7. The van der Waals surface area contributed by atoms with Crippen molar-refractivity contribution in [1.29, 1.82) is 0 Å². The van der Waals surface area contributed by atoms with E-state index >= 15 is 9.13 Å². The Morgan fingerprint density at radius 2 is 0.724 bits per heavy atom. The third-order valence-corrected chi connectivity index (χ3v) is 19.7. The van der Waals surface area contributed by atoms with Crippen molar-refractivity contribution in [3.63, 3.8) is 0 Å². The summed E-state index contributed by atoms with van der Waals surface area (Å²) in [6.45, 7) is 52.0. The molecule has 2 aliphatic carbocycles. The monoisotopic (exact) mass is 1070 g/mol. The van der Waals surface area contributed by atoms with Crippen molar-refractivity contribution in [3.05, 3.63) is 181 Å². The van der Waals surface area contributed by atoms with Crippen LogP contribution in [0.4, 0.5) is 0 Å². The van der Waals surface area contributed by atoms with Crippen molar-refractivity contribution < 1.29 is 28.7 Å². The smallest absolute Gasteiger partial charge is 0.323 e. The molecule has 0 fully saturated rings. The average Bonchev–Trinajstić information content (AvgIpc) is 3.24. The lowest BCUT2D eigenvalue weighted by molar-refractivity contribution is 0.331. The summed E-state index contributed by atoms with van der Waals surface area (Å²) in [6.07, 6.45) is 9.00. The maximum atomic E-state index is 15.6. The van der Waals surface area contributed by atoms with Gasteiger partial charge in [0.05, 0.1) is 0 Å². The Morgan fingerprint density at radius 1 is 0.395 bits per heavy atom. The molecular formula is C68H94O6P2. The number of hydrogen-bond acceptors (Lipinski definition) is 2. The van der Waals surface area contributed by atoms with Gasteiger partial charge < -0.3 is 19.6 Å². The summed E-state index contributed by atoms with van der Waals surface area (Å²) in [5.41, 5.74) is 9.91. The maximum Gasteiger partial charge on any atom is 0.352 e. The van der Waals surface area contributed by atoms with Crippen LogP contribution in [0.2, 0.25) is 0 Å². The predicted molar refractivity (Wildman–Crippen MR) is 325 cm³/mol. The average molecular weight is 1070 g/mol. The van der Waals surface area contributed by atoms with E-state index in [1.54, 1.807) is 0 Å². The van der Waals surface area contributed by atoms with Gasteiger partial charge in [0, 0.05) is 5.92 Å². The normalized spacial score (nSPS) is 18.6. The topological polar surface area (TPSA) is 115 Å². The lowest BCUT2D eigenvalue weighted by Crippen LogP contribution is -2.36. The van der Waals surface area contributed by atoms with Crippen LogP contribution in [-0.4, -0.2) is 24.5 Å². The van der Waals surface area contributed by atoms with Crippen molar-refractivity contribution in [2.45, 2.75) is 220 Å². The molecule has 412 valence electrons. The van der Waals surface area contributed by atoms with Gasteiger partial charge in [-0.15, -0.1) is 0 Å². The number of allylic oxidation sites excluding steroid dienone is 10. The molecule has 0 saturated carbocycles. The first-order valence-corrected chi connectivity index (χ1v) is 30.6. The Hall–Kier alpha value is -4.12. The molecule has 0 heterocycles. The van der Waals surface area contributed by atoms with Crippen LogP contribution >= 0.6 is 15.2 Å². The molecular weight excluding hydrogens is 975 g/mol. The van der Waals surface area contributed by atoms with Gasteiger partial charge in [0.15, 0.2) is 0 Å². The number of rotatable bonds is 6. The minimum Gasteiger partial charge on any atom is -0.323 e. The minimum absolute atomic E-state index is 0.0735. The molecule has 4 N–H and O–H groups in total. The van der Waals surface area contributed by atoms with Crippen molar-refractivity contribution in [1.82, 2.24) is 0 Å². The largest absolute Gasteiger partial charge is 0.352 e. The van der Waals surface area contributed by atoms with Crippen molar-refractivity contribution >= 4 is 31.9 Å². The molecule has 0 amide bonds. The molecule has 0 spiro atoms. The molecule has 0 aromatic heterocycles. The van der Waals surface area contributed by atoms with Crippen LogP contribution in [0.1, 0.15) is 239 Å². The van der Waals surface area contributed by atoms with E-state index in [1.165, 1.54) is 6.08 Å². The van der Waals surface area contributed by atoms with E-state index < -0.39 is 47.7 Å². The van der Waals surface area contributed by atoms with Gasteiger partial charge in [-0.2, -0.15) is 0 Å². The first-order valence-electron chi connectivity index (χ1n) is 27.3. The fourth-order valence-corrected chi connectivity index (χ4v) is 14.1. The fraction of sp³-hybridized carbons (Fsp3) is 0.500. The van der Waals surface area contributed by atoms with Gasteiger partial charge in [0.1, 0.15) is 0 Å². The third-order valence-electron chi connectivity index (χ3n) is 15.7. The minimum atomic E-state index is -5.99. The first-order chi connectivity index (χ1) is 34.0. The van der Waals surface area contributed by atoms with E-state index in [-0.39, 0.29) is 27.2 Å². The van der Waals surface area contributed by atoms with E-state index in [2.05, 4.69) is 233 Å². The Labute approximate surface area is 459 Å². The highest BCUT2D eigenvalue weighted by Gasteiger charge is 2.65. The molecule has 4 aromatic rings. The second-order valence-electron chi connectivity index (χ2n) is 30.3. The van der Waals surface area contributed by atoms with Crippen LogP contribution in [0.5, 0.6) is 0 Å². The SMILES string of the molecule is CC(C)(C)c1ccc(C2=CC(P(=O)(O)O)(P(=O)(O)O)C(=C3C=CC=CC3c3ccc(C(C)(C)C)cc3C(C)(C)C)C(c3ccc(C(C)(C)C)cc3C(C)(C)C)=C2c2ccc(C(C)(C)C)cc2C(C)(C)C)c(C(C)(C)C)c1. The molecule has 0 saturated heterocycles. The second kappa shape index (κ2) is 19.6. The number of hydrogen-bond donors (Lipinski definition) is 4. The van der Waals surface area contributed by atoms with Gasteiger partial charge in [0.2, 0.25) is 4.90 Å². The molecule has 0 aliphatic heterocycles. The zero-order valence-electron chi connectivity index (χ0n) is 50.9. The van der Waals surface area contributed by atoms with E-state index in [0.29, 0.717) is 33.4 Å². The predicted octanol–water partition coefficient (Wildman–Crippen LogP) is 18.3. The van der Waals surface area contributed by atoms with Crippen molar-refractivity contribution in [2.24, 2.45) is 0 Å². The van der Waals surface area contributed by atoms with Crippen molar-refractivity contribution in [3.8, 4) is 0 Å². The quantitative estimate of drug-likeness (QED) is 0.143. The standard InChI is InChI=1S/C68H94O6P2/c1-60(2,3)42-29-33-47(53(37-42)64(13,14)15)46-27-25-26-28-49(46)59-58(51-36-32-45(63(10,11)12)40-56(51)67(22,23)24)57(50-35-31-44(62(7,8)9)39-55(50)66(19,20)21)52(41-68(59,75(69,70)71)76(72,73)74)48-34-30-43(61(4,5)6)38-54(48)65(16,17)18/h25-41,46H,1-24H3,(H2,69,70,71)(H2,72,73,74). The van der Waals surface area contributed by atoms with Crippen LogP contribution in [0.25, 0.3) is 16.7 Å². The van der Waals surface area contributed by atoms with Crippen LogP contribution in [0.15, 0.2) is 114 Å². The molecule has 2 aliphatic rings. The van der Waals surface area contributed by atoms with Gasteiger partial charge in [-0.25, -0.2) is 0 Å². The Balaban J connectivity index is 2.14. The Kier molecular flexibility index (Phi) is 15.8. The van der Waals surface area contributed by atoms with E-state index in [9.17, 15) is 19.6 Å². The summed E-state index contributed by atoms with van der Waals surface area (Å²) >= 11 is 0. The summed E-state index contributed by atoms with van der Waals surface area (Å²) in [7, 11) is -12.0. The second-order valence-corrected chi connectivity index (χ2v) is 34.2. The molecule has 0 radical (unpaired) electrons. The molecule has 6 nitrogen and oxygen atoms in total. The summed E-state index contributed by atoms with van der Waals surface area (Å²) in [6, 6.07) is 25.7. The first kappa shape index (κ1) is 61.1. The lowest BCUT2D eigenvalue weighted by atomic mass is 9.66. The zero-order chi connectivity index (χ0) is 57.9. The fourth-order valence-electron chi connectivity index (χ4n) is 11.1. The maximum absolute atomic E-state index is 15.6. The van der Waals surface area contributed by atoms with Gasteiger partial charge in [-0.3, -0.25) is 9.13 Å². The molecule has 6 rings (SSSR count). The summed E-state index contributed by atoms with van der Waals surface area (Å²) in [5, 5.41) is 0. The third kappa shape index (κ3) is 11.8. The Morgan fingerprint density at radius 3 is 1.08 bits per heavy atom. The Bertz CT molecular complexity index is 3170. The van der Waals surface area contributed by atoms with Crippen LogP contribution < -0.4 is 0 Å². The molecule has 76 heavy (non-hydrogen) atoms. The van der Waals surface area contributed by atoms with E-state index in [1.807, 2.05) is 30.4 Å². The van der Waals surface area contributed by atoms with Crippen LogP contribution in [0.3, 0.4) is 0 Å². The molecule has 4 aromatic carbocycles. The van der Waals surface area contributed by atoms with Crippen LogP contribution in [0, 0.1) is 0 Å². The molecule has 1 unspecified atom stereocenters. The van der Waals surface area contributed by atoms with Gasteiger partial charge >= 0.3 is 15.2 Å². The summed E-state index contributed by atoms with van der Waals surface area (Å²) in [5.74, 6) is -0.694.